The van der Waals surface area contributed by atoms with Crippen LogP contribution >= 0.6 is 10.7 Å². The summed E-state index contributed by atoms with van der Waals surface area (Å²) in [5.74, 6) is 0. The molecule has 0 aliphatic heterocycles. The average molecular weight is 372 g/mol. The minimum absolute atomic E-state index is 0.172. The van der Waals surface area contributed by atoms with Gasteiger partial charge in [-0.25, -0.2) is 8.42 Å². The third-order valence-corrected chi connectivity index (χ3v) is 13.3. The number of benzene rings is 1. The van der Waals surface area contributed by atoms with Crippen molar-refractivity contribution in [1.82, 2.24) is 4.23 Å². The normalized spacial score (nSPS) is 13.7. The van der Waals surface area contributed by atoms with Gasteiger partial charge in [-0.05, 0) is 46.4 Å². The first-order valence-electron chi connectivity index (χ1n) is 8.09. The Morgan fingerprint density at radius 3 is 1.91 bits per heavy atom. The molecule has 0 spiro atoms. The lowest BCUT2D eigenvalue weighted by Gasteiger charge is -2.44. The summed E-state index contributed by atoms with van der Waals surface area (Å²) in [6.45, 7) is 13.8. The van der Waals surface area contributed by atoms with Gasteiger partial charge in [0.25, 0.3) is 9.05 Å². The maximum absolute atomic E-state index is 11.7. The molecule has 23 heavy (non-hydrogen) atoms. The summed E-state index contributed by atoms with van der Waals surface area (Å²) >= 11 is 0. The van der Waals surface area contributed by atoms with Crippen molar-refractivity contribution in [3.63, 3.8) is 0 Å². The summed E-state index contributed by atoms with van der Waals surface area (Å²) in [5, 5.41) is 1.06. The summed E-state index contributed by atoms with van der Waals surface area (Å²) in [6, 6.07) is 7.24. The number of fused-ring (bicyclic) bond motifs is 1. The fourth-order valence-electron chi connectivity index (χ4n) is 4.43. The van der Waals surface area contributed by atoms with Crippen LogP contribution in [0.5, 0.6) is 0 Å². The van der Waals surface area contributed by atoms with Crippen molar-refractivity contribution in [2.45, 2.75) is 63.1 Å². The van der Waals surface area contributed by atoms with E-state index >= 15 is 0 Å². The molecule has 1 aromatic heterocycles. The van der Waals surface area contributed by atoms with Crippen molar-refractivity contribution in [1.29, 1.82) is 0 Å². The molecule has 0 saturated heterocycles. The van der Waals surface area contributed by atoms with E-state index in [9.17, 15) is 8.42 Å². The van der Waals surface area contributed by atoms with Gasteiger partial charge in [0.15, 0.2) is 8.24 Å². The van der Waals surface area contributed by atoms with E-state index in [0.717, 1.165) is 10.9 Å². The number of aromatic nitrogens is 1. The van der Waals surface area contributed by atoms with Crippen LogP contribution in [0.3, 0.4) is 0 Å². The maximum atomic E-state index is 11.7. The van der Waals surface area contributed by atoms with E-state index in [0.29, 0.717) is 16.6 Å². The van der Waals surface area contributed by atoms with Crippen LogP contribution in [0.2, 0.25) is 16.6 Å². The number of halogens is 1. The molecule has 2 aromatic rings. The molecule has 0 fully saturated rings. The Hall–Kier alpha value is -0.783. The van der Waals surface area contributed by atoms with Gasteiger partial charge in [0.2, 0.25) is 0 Å². The molecule has 0 atom stereocenters. The highest BCUT2D eigenvalue weighted by Crippen LogP contribution is 2.44. The Balaban J connectivity index is 2.84. The van der Waals surface area contributed by atoms with Crippen molar-refractivity contribution < 1.29 is 8.42 Å². The molecule has 0 amide bonds. The highest BCUT2D eigenvalue weighted by atomic mass is 35.7. The molecule has 1 aromatic carbocycles. The summed E-state index contributed by atoms with van der Waals surface area (Å²) in [5.41, 5.74) is 2.59. The lowest BCUT2D eigenvalue weighted by molar-refractivity contribution is 0.609. The third kappa shape index (κ3) is 2.99. The Labute approximate surface area is 145 Å². The second-order valence-electron chi connectivity index (χ2n) is 7.20. The van der Waals surface area contributed by atoms with Gasteiger partial charge in [-0.15, -0.1) is 0 Å². The fourth-order valence-corrected chi connectivity index (χ4v) is 11.8. The van der Waals surface area contributed by atoms with Crippen LogP contribution in [0, 0.1) is 0 Å². The van der Waals surface area contributed by atoms with Crippen LogP contribution in [0.25, 0.3) is 10.9 Å². The first-order valence-corrected chi connectivity index (χ1v) is 12.6. The van der Waals surface area contributed by atoms with Gasteiger partial charge in [-0.2, -0.15) is 0 Å². The largest absolute Gasteiger partial charge is 0.373 e. The van der Waals surface area contributed by atoms with Gasteiger partial charge in [-0.1, -0.05) is 47.6 Å². The summed E-state index contributed by atoms with van der Waals surface area (Å²) < 4.78 is 25.9. The Morgan fingerprint density at radius 2 is 1.48 bits per heavy atom. The second-order valence-corrected chi connectivity index (χ2v) is 15.5. The highest BCUT2D eigenvalue weighted by Gasteiger charge is 2.45. The molecule has 0 saturated carbocycles. The minimum atomic E-state index is -3.72. The van der Waals surface area contributed by atoms with Gasteiger partial charge in [0.1, 0.15) is 0 Å². The quantitative estimate of drug-likeness (QED) is 0.507. The fraction of sp³-hybridized carbons (Fsp3) is 0.529. The number of hydrogen-bond donors (Lipinski definition) is 0. The van der Waals surface area contributed by atoms with Crippen molar-refractivity contribution in [3.05, 3.63) is 30.5 Å². The Morgan fingerprint density at radius 1 is 0.957 bits per heavy atom. The predicted molar refractivity (Wildman–Crippen MR) is 101 cm³/mol. The number of nitrogens with zero attached hydrogens (tertiary/aromatic N) is 1. The summed E-state index contributed by atoms with van der Waals surface area (Å²) in [4.78, 5) is 0.172. The van der Waals surface area contributed by atoms with E-state index in [1.165, 1.54) is 0 Å². The predicted octanol–water partition coefficient (Wildman–Crippen LogP) is 5.59. The molecule has 128 valence electrons. The molecule has 0 bridgehead atoms. The van der Waals surface area contributed by atoms with Crippen molar-refractivity contribution in [2.24, 2.45) is 0 Å². The van der Waals surface area contributed by atoms with Crippen LogP contribution in [0.15, 0.2) is 35.4 Å². The Kier molecular flexibility index (Phi) is 5.05. The molecule has 0 aliphatic carbocycles. The first-order chi connectivity index (χ1) is 10.5. The second kappa shape index (κ2) is 6.26. The lowest BCUT2D eigenvalue weighted by atomic mass is 10.2. The molecule has 0 aliphatic rings. The molecule has 0 N–H and O–H groups in total. The zero-order valence-electron chi connectivity index (χ0n) is 14.7. The molecule has 6 heteroatoms. The highest BCUT2D eigenvalue weighted by molar-refractivity contribution is 8.13. The first kappa shape index (κ1) is 18.6. The molecular formula is C17H26ClNO2SSi. The number of hydrogen-bond acceptors (Lipinski definition) is 2. The van der Waals surface area contributed by atoms with E-state index < -0.39 is 17.3 Å². The van der Waals surface area contributed by atoms with E-state index in [1.807, 2.05) is 6.07 Å². The van der Waals surface area contributed by atoms with Crippen LogP contribution < -0.4 is 0 Å². The molecule has 0 radical (unpaired) electrons. The van der Waals surface area contributed by atoms with Crippen LogP contribution in [0.1, 0.15) is 41.5 Å². The van der Waals surface area contributed by atoms with Gasteiger partial charge < -0.3 is 4.23 Å². The van der Waals surface area contributed by atoms with Crippen LogP contribution in [-0.2, 0) is 9.05 Å². The topological polar surface area (TPSA) is 39.1 Å². The summed E-state index contributed by atoms with van der Waals surface area (Å²) in [7, 11) is -0.0855. The Bertz CT molecular complexity index is 787. The van der Waals surface area contributed by atoms with Crippen LogP contribution in [-0.4, -0.2) is 20.9 Å². The smallest absolute Gasteiger partial charge is 0.261 e. The standard InChI is InChI=1S/C17H26ClNO2SSi/c1-12(2)23(13(3)4,14(5)6)19-10-9-15-7-8-16(11-17(15)19)22(18,20)21/h7-14H,1-6H3. The van der Waals surface area contributed by atoms with E-state index in [1.54, 1.807) is 12.1 Å². The molecule has 2 rings (SSSR count). The van der Waals surface area contributed by atoms with E-state index in [-0.39, 0.29) is 4.90 Å². The molecule has 0 unspecified atom stereocenters. The zero-order chi connectivity index (χ0) is 17.6. The monoisotopic (exact) mass is 371 g/mol. The van der Waals surface area contributed by atoms with Gasteiger partial charge in [-0.3, -0.25) is 0 Å². The molecular weight excluding hydrogens is 346 g/mol. The van der Waals surface area contributed by atoms with E-state index in [2.05, 4.69) is 58.0 Å². The zero-order valence-corrected chi connectivity index (χ0v) is 17.2. The minimum Gasteiger partial charge on any atom is -0.373 e. The van der Waals surface area contributed by atoms with Crippen molar-refractivity contribution in [3.8, 4) is 0 Å². The number of rotatable bonds is 5. The van der Waals surface area contributed by atoms with Crippen LogP contribution in [0.4, 0.5) is 0 Å². The molecule has 1 heterocycles. The van der Waals surface area contributed by atoms with Gasteiger partial charge >= 0.3 is 0 Å². The average Bonchev–Trinajstić information content (AvgIpc) is 2.80. The molecule has 3 nitrogen and oxygen atoms in total. The van der Waals surface area contributed by atoms with Crippen molar-refractivity contribution >= 4 is 38.9 Å². The van der Waals surface area contributed by atoms with Gasteiger partial charge in [0.05, 0.1) is 4.90 Å². The van der Waals surface area contributed by atoms with Crippen molar-refractivity contribution in [2.75, 3.05) is 0 Å². The summed E-state index contributed by atoms with van der Waals surface area (Å²) in [6.07, 6.45) is 2.14. The third-order valence-electron chi connectivity index (χ3n) is 5.14. The maximum Gasteiger partial charge on any atom is 0.261 e. The SMILES string of the molecule is CC(C)[Si](C(C)C)(C(C)C)n1ccc2ccc(S(=O)(=O)Cl)cc21. The van der Waals surface area contributed by atoms with E-state index in [4.69, 9.17) is 10.7 Å². The van der Waals surface area contributed by atoms with Gasteiger partial charge in [0, 0.05) is 16.2 Å². The lowest BCUT2D eigenvalue weighted by Crippen LogP contribution is -2.51.